The molecule has 2 aromatic rings. The van der Waals surface area contributed by atoms with E-state index in [1.54, 1.807) is 10.7 Å². The van der Waals surface area contributed by atoms with Gasteiger partial charge in [-0.15, -0.1) is 12.4 Å². The van der Waals surface area contributed by atoms with Gasteiger partial charge in [0, 0.05) is 19.2 Å². The van der Waals surface area contributed by atoms with Crippen LogP contribution in [0, 0.1) is 11.8 Å². The molecule has 0 saturated carbocycles. The Labute approximate surface area is 149 Å². The number of hydrogen-bond donors (Lipinski definition) is 2. The van der Waals surface area contributed by atoms with Gasteiger partial charge in [0.05, 0.1) is 24.6 Å². The van der Waals surface area contributed by atoms with E-state index >= 15 is 0 Å². The van der Waals surface area contributed by atoms with Crippen LogP contribution in [0.3, 0.4) is 0 Å². The van der Waals surface area contributed by atoms with Gasteiger partial charge in [-0.1, -0.05) is 30.3 Å². The first-order valence-corrected chi connectivity index (χ1v) is 7.59. The molecule has 0 aliphatic carbocycles. The van der Waals surface area contributed by atoms with Crippen LogP contribution in [-0.4, -0.2) is 35.0 Å². The fourth-order valence-electron chi connectivity index (χ4n) is 2.84. The van der Waals surface area contributed by atoms with Crippen LogP contribution in [0.4, 0.5) is 19.0 Å². The largest absolute Gasteiger partial charge is 0.393 e. The lowest BCUT2D eigenvalue weighted by Gasteiger charge is -2.20. The molecule has 2 heterocycles. The molecule has 1 saturated heterocycles. The van der Waals surface area contributed by atoms with Crippen molar-refractivity contribution in [1.82, 2.24) is 15.1 Å². The average Bonchev–Trinajstić information content (AvgIpc) is 3.17. The Morgan fingerprint density at radius 2 is 1.96 bits per heavy atom. The number of alkyl halides is 3. The van der Waals surface area contributed by atoms with Gasteiger partial charge in [-0.3, -0.25) is 4.79 Å². The van der Waals surface area contributed by atoms with E-state index in [-0.39, 0.29) is 25.5 Å². The molecule has 1 fully saturated rings. The number of carbonyl (C=O) groups excluding carboxylic acids is 1. The molecule has 25 heavy (non-hydrogen) atoms. The predicted octanol–water partition coefficient (Wildman–Crippen LogP) is 2.69. The molecule has 1 aromatic heterocycles. The van der Waals surface area contributed by atoms with Gasteiger partial charge in [-0.2, -0.15) is 18.3 Å². The van der Waals surface area contributed by atoms with Crippen molar-refractivity contribution in [3.63, 3.8) is 0 Å². The van der Waals surface area contributed by atoms with Gasteiger partial charge in [0.1, 0.15) is 5.82 Å². The molecule has 1 aromatic carbocycles. The molecule has 0 unspecified atom stereocenters. The van der Waals surface area contributed by atoms with Crippen LogP contribution in [0.5, 0.6) is 0 Å². The molecule has 1 aliphatic heterocycles. The zero-order chi connectivity index (χ0) is 17.2. The number of halogens is 4. The van der Waals surface area contributed by atoms with Gasteiger partial charge in [0.25, 0.3) is 0 Å². The van der Waals surface area contributed by atoms with Crippen LogP contribution in [0.2, 0.25) is 0 Å². The van der Waals surface area contributed by atoms with Crippen LogP contribution in [0.15, 0.2) is 42.6 Å². The molecule has 2 atom stereocenters. The third-order valence-electron chi connectivity index (χ3n) is 4.11. The van der Waals surface area contributed by atoms with Crippen molar-refractivity contribution in [3.05, 3.63) is 48.2 Å². The van der Waals surface area contributed by atoms with Crippen molar-refractivity contribution in [2.24, 2.45) is 11.8 Å². The number of nitrogens with zero attached hydrogens (tertiary/aromatic N) is 2. The summed E-state index contributed by atoms with van der Waals surface area (Å²) in [6.07, 6.45) is -2.89. The SMILES string of the molecule is Cl.O=C(Nc1ccnn1Cc1ccccc1)[C@@H]1CNC[C@H]1C(F)(F)F. The van der Waals surface area contributed by atoms with Gasteiger partial charge in [-0.25, -0.2) is 4.68 Å². The van der Waals surface area contributed by atoms with E-state index < -0.39 is 23.9 Å². The van der Waals surface area contributed by atoms with Gasteiger partial charge in [-0.05, 0) is 5.56 Å². The van der Waals surface area contributed by atoms with Crippen molar-refractivity contribution >= 4 is 24.1 Å². The Morgan fingerprint density at radius 1 is 1.24 bits per heavy atom. The van der Waals surface area contributed by atoms with E-state index in [1.807, 2.05) is 30.3 Å². The van der Waals surface area contributed by atoms with Crippen molar-refractivity contribution in [3.8, 4) is 0 Å². The topological polar surface area (TPSA) is 59.0 Å². The Hall–Kier alpha value is -2.06. The molecule has 1 amide bonds. The zero-order valence-corrected chi connectivity index (χ0v) is 14.0. The van der Waals surface area contributed by atoms with Gasteiger partial charge in [0.15, 0.2) is 0 Å². The minimum atomic E-state index is -4.39. The monoisotopic (exact) mass is 374 g/mol. The number of carbonyl (C=O) groups is 1. The first-order valence-electron chi connectivity index (χ1n) is 7.59. The smallest absolute Gasteiger partial charge is 0.315 e. The minimum Gasteiger partial charge on any atom is -0.315 e. The van der Waals surface area contributed by atoms with Crippen LogP contribution >= 0.6 is 12.4 Å². The predicted molar refractivity (Wildman–Crippen MR) is 89.6 cm³/mol. The fourth-order valence-corrected chi connectivity index (χ4v) is 2.84. The fraction of sp³-hybridized carbons (Fsp3) is 0.375. The van der Waals surface area contributed by atoms with Crippen LogP contribution in [0.25, 0.3) is 0 Å². The van der Waals surface area contributed by atoms with Crippen molar-refractivity contribution in [2.75, 3.05) is 18.4 Å². The second-order valence-corrected chi connectivity index (χ2v) is 5.76. The van der Waals surface area contributed by atoms with E-state index in [0.717, 1.165) is 5.56 Å². The Balaban J connectivity index is 0.00000225. The number of hydrogen-bond acceptors (Lipinski definition) is 3. The second kappa shape index (κ2) is 7.88. The summed E-state index contributed by atoms with van der Waals surface area (Å²) in [6.45, 7) is 0.211. The highest BCUT2D eigenvalue weighted by Gasteiger charge is 2.49. The summed E-state index contributed by atoms with van der Waals surface area (Å²) in [5.74, 6) is -3.05. The molecule has 9 heteroatoms. The van der Waals surface area contributed by atoms with Crippen LogP contribution < -0.4 is 10.6 Å². The number of nitrogens with one attached hydrogen (secondary N) is 2. The molecule has 0 bridgehead atoms. The summed E-state index contributed by atoms with van der Waals surface area (Å²) in [6, 6.07) is 11.1. The Bertz CT molecular complexity index is 705. The zero-order valence-electron chi connectivity index (χ0n) is 13.2. The van der Waals surface area contributed by atoms with E-state index in [2.05, 4.69) is 15.7 Å². The molecular weight excluding hydrogens is 357 g/mol. The maximum Gasteiger partial charge on any atom is 0.393 e. The summed E-state index contributed by atoms with van der Waals surface area (Å²) >= 11 is 0. The highest BCUT2D eigenvalue weighted by molar-refractivity contribution is 5.92. The van der Waals surface area contributed by atoms with E-state index in [4.69, 9.17) is 0 Å². The normalized spacial score (nSPS) is 20.1. The number of amides is 1. The number of benzene rings is 1. The first-order chi connectivity index (χ1) is 11.4. The van der Waals surface area contributed by atoms with Gasteiger partial charge < -0.3 is 10.6 Å². The minimum absolute atomic E-state index is 0. The lowest BCUT2D eigenvalue weighted by Crippen LogP contribution is -2.37. The standard InChI is InChI=1S/C16H17F3N4O.ClH/c17-16(18,19)13-9-20-8-12(13)15(24)22-14-6-7-21-23(14)10-11-4-2-1-3-5-11;/h1-7,12-13,20H,8-10H2,(H,22,24);1H/t12-,13-;/m1./s1. The first kappa shape index (κ1) is 19.3. The molecular formula is C16H18ClF3N4O. The number of aromatic nitrogens is 2. The quantitative estimate of drug-likeness (QED) is 0.865. The summed E-state index contributed by atoms with van der Waals surface area (Å²) in [4.78, 5) is 12.3. The van der Waals surface area contributed by atoms with Crippen LogP contribution in [0.1, 0.15) is 5.56 Å². The van der Waals surface area contributed by atoms with E-state index in [9.17, 15) is 18.0 Å². The third-order valence-corrected chi connectivity index (χ3v) is 4.11. The molecule has 1 aliphatic rings. The van der Waals surface area contributed by atoms with E-state index in [1.165, 1.54) is 6.20 Å². The van der Waals surface area contributed by atoms with E-state index in [0.29, 0.717) is 12.4 Å². The molecule has 136 valence electrons. The molecule has 2 N–H and O–H groups in total. The Morgan fingerprint density at radius 3 is 2.64 bits per heavy atom. The number of anilines is 1. The summed E-state index contributed by atoms with van der Waals surface area (Å²) in [5, 5.41) is 9.34. The van der Waals surface area contributed by atoms with Gasteiger partial charge >= 0.3 is 6.18 Å². The summed E-state index contributed by atoms with van der Waals surface area (Å²) < 4.78 is 40.5. The van der Waals surface area contributed by atoms with Crippen molar-refractivity contribution in [1.29, 1.82) is 0 Å². The molecule has 0 radical (unpaired) electrons. The Kier molecular flexibility index (Phi) is 6.07. The van der Waals surface area contributed by atoms with Crippen molar-refractivity contribution in [2.45, 2.75) is 12.7 Å². The number of rotatable bonds is 4. The maximum absolute atomic E-state index is 13.0. The second-order valence-electron chi connectivity index (χ2n) is 5.76. The molecule has 0 spiro atoms. The summed E-state index contributed by atoms with van der Waals surface area (Å²) in [7, 11) is 0. The van der Waals surface area contributed by atoms with Crippen molar-refractivity contribution < 1.29 is 18.0 Å². The third kappa shape index (κ3) is 4.52. The maximum atomic E-state index is 13.0. The van der Waals surface area contributed by atoms with Gasteiger partial charge in [0.2, 0.25) is 5.91 Å². The highest BCUT2D eigenvalue weighted by atomic mass is 35.5. The van der Waals surface area contributed by atoms with Crippen LogP contribution in [-0.2, 0) is 11.3 Å². The molecule has 5 nitrogen and oxygen atoms in total. The average molecular weight is 375 g/mol. The molecule has 3 rings (SSSR count). The lowest BCUT2D eigenvalue weighted by atomic mass is 9.94. The lowest BCUT2D eigenvalue weighted by molar-refractivity contribution is -0.181. The highest BCUT2D eigenvalue weighted by Crippen LogP contribution is 2.34. The summed E-state index contributed by atoms with van der Waals surface area (Å²) in [5.41, 5.74) is 0.979.